The van der Waals surface area contributed by atoms with Crippen LogP contribution in [0.25, 0.3) is 76.9 Å². The Labute approximate surface area is 375 Å². The summed E-state index contributed by atoms with van der Waals surface area (Å²) in [6, 6.07) is 76.4. The molecule has 0 atom stereocenters. The lowest BCUT2D eigenvalue weighted by Crippen LogP contribution is -2.09. The zero-order chi connectivity index (χ0) is 41.7. The largest absolute Gasteiger partial charge is 0.311 e. The third kappa shape index (κ3) is 6.49. The van der Waals surface area contributed by atoms with Gasteiger partial charge >= 0.3 is 0 Å². The van der Waals surface area contributed by atoms with Gasteiger partial charge in [0, 0.05) is 56.0 Å². The summed E-state index contributed by atoms with van der Waals surface area (Å²) in [6.45, 7) is 0. The van der Waals surface area contributed by atoms with Crippen LogP contribution in [0.1, 0.15) is 7.43 Å². The van der Waals surface area contributed by atoms with Crippen LogP contribution in [-0.2, 0) is 0 Å². The van der Waals surface area contributed by atoms with Crippen LogP contribution >= 0.6 is 11.7 Å². The molecule has 7 heteroatoms. The first-order valence-corrected chi connectivity index (χ1v) is 21.7. The van der Waals surface area contributed by atoms with Gasteiger partial charge in [-0.15, -0.1) is 0 Å². The summed E-state index contributed by atoms with van der Waals surface area (Å²) in [5, 5.41) is 4.42. The highest BCUT2D eigenvalue weighted by Crippen LogP contribution is 2.46. The molecule has 12 aromatic rings. The molecular formula is C57H40N6S. The van der Waals surface area contributed by atoms with Crippen molar-refractivity contribution in [3.8, 4) is 22.3 Å². The van der Waals surface area contributed by atoms with Crippen molar-refractivity contribution >= 4 is 100 Å². The number of anilines is 6. The Morgan fingerprint density at radius 2 is 0.547 bits per heavy atom. The van der Waals surface area contributed by atoms with Crippen LogP contribution in [0.4, 0.5) is 34.1 Å². The molecule has 0 unspecified atom stereocenters. The Kier molecular flexibility index (Phi) is 9.79. The normalized spacial score (nSPS) is 11.3. The van der Waals surface area contributed by atoms with Crippen LogP contribution in [0.15, 0.2) is 218 Å². The number of fused-ring (bicyclic) bond motifs is 8. The van der Waals surface area contributed by atoms with Gasteiger partial charge in [-0.2, -0.15) is 8.75 Å². The highest BCUT2D eigenvalue weighted by atomic mass is 32.1. The van der Waals surface area contributed by atoms with Gasteiger partial charge in [-0.25, -0.2) is 9.97 Å². The van der Waals surface area contributed by atoms with Crippen LogP contribution in [-0.4, -0.2) is 18.7 Å². The minimum absolute atomic E-state index is 0. The van der Waals surface area contributed by atoms with Crippen LogP contribution < -0.4 is 9.80 Å². The van der Waals surface area contributed by atoms with E-state index < -0.39 is 0 Å². The molecule has 0 saturated carbocycles. The van der Waals surface area contributed by atoms with Gasteiger partial charge < -0.3 is 9.80 Å². The predicted octanol–water partition coefficient (Wildman–Crippen LogP) is 16.0. The molecule has 0 spiro atoms. The quantitative estimate of drug-likeness (QED) is 0.112. The highest BCUT2D eigenvalue weighted by molar-refractivity contribution is 7.00. The second kappa shape index (κ2) is 16.2. The van der Waals surface area contributed by atoms with E-state index in [2.05, 4.69) is 204 Å². The van der Waals surface area contributed by atoms with E-state index in [1.165, 1.54) is 11.7 Å². The first kappa shape index (κ1) is 38.6. The molecule has 0 bridgehead atoms. The van der Waals surface area contributed by atoms with Crippen molar-refractivity contribution in [3.63, 3.8) is 0 Å². The lowest BCUT2D eigenvalue weighted by molar-refractivity contribution is 1.28. The van der Waals surface area contributed by atoms with Crippen LogP contribution in [0.5, 0.6) is 0 Å². The summed E-state index contributed by atoms with van der Waals surface area (Å²) in [6.07, 6.45) is 0. The summed E-state index contributed by atoms with van der Waals surface area (Å²) >= 11 is 1.22. The summed E-state index contributed by atoms with van der Waals surface area (Å²) in [7, 11) is 0. The van der Waals surface area contributed by atoms with Gasteiger partial charge in [-0.05, 0) is 94.7 Å². The van der Waals surface area contributed by atoms with Gasteiger partial charge in [-0.1, -0.05) is 153 Å². The van der Waals surface area contributed by atoms with Gasteiger partial charge in [0.15, 0.2) is 0 Å². The van der Waals surface area contributed by atoms with E-state index >= 15 is 0 Å². The summed E-state index contributed by atoms with van der Waals surface area (Å²) in [5.41, 5.74) is 15.1. The third-order valence-corrected chi connectivity index (χ3v) is 12.4. The number of hydrogen-bond acceptors (Lipinski definition) is 7. The van der Waals surface area contributed by atoms with Gasteiger partial charge in [-0.3, -0.25) is 0 Å². The summed E-state index contributed by atoms with van der Waals surface area (Å²) in [5.74, 6) is 0. The maximum Gasteiger partial charge on any atom is 0.115 e. The number of aromatic nitrogens is 4. The minimum Gasteiger partial charge on any atom is -0.311 e. The van der Waals surface area contributed by atoms with Gasteiger partial charge in [0.2, 0.25) is 0 Å². The fourth-order valence-electron chi connectivity index (χ4n) is 9.05. The molecule has 2 aromatic heterocycles. The van der Waals surface area contributed by atoms with Crippen molar-refractivity contribution in [2.24, 2.45) is 0 Å². The van der Waals surface area contributed by atoms with Crippen molar-refractivity contribution in [2.45, 2.75) is 7.43 Å². The van der Waals surface area contributed by atoms with Crippen LogP contribution in [0.3, 0.4) is 0 Å². The van der Waals surface area contributed by atoms with Crippen molar-refractivity contribution in [3.05, 3.63) is 218 Å². The topological polar surface area (TPSA) is 58.0 Å². The fourth-order valence-corrected chi connectivity index (χ4v) is 9.61. The standard InChI is InChI=1S/C56H36N6S.CH4/c1-5-17-39(18-6-1)61(40-19-7-2-8-20-40)43-33-29-37(30-34-43)49-53-54(58-52-48-28-16-14-26-46(48)45-25-13-15-27-47(45)51(52)57-53)50(56-55(49)59-63-60-56)38-31-35-44(36-32-38)62(41-21-9-3-10-22-41)42-23-11-4-12-24-42;/h1-36H;1H4. The second-order valence-corrected chi connectivity index (χ2v) is 16.1. The van der Waals surface area contributed by atoms with Gasteiger partial charge in [0.05, 0.1) is 22.8 Å². The van der Waals surface area contributed by atoms with Gasteiger partial charge in [0.1, 0.15) is 22.1 Å². The first-order chi connectivity index (χ1) is 31.3. The van der Waals surface area contributed by atoms with E-state index in [0.717, 1.165) is 111 Å². The van der Waals surface area contributed by atoms with Crippen molar-refractivity contribution < 1.29 is 0 Å². The molecule has 6 nitrogen and oxygen atoms in total. The van der Waals surface area contributed by atoms with E-state index in [4.69, 9.17) is 18.7 Å². The van der Waals surface area contributed by atoms with E-state index in [1.807, 2.05) is 24.3 Å². The Bertz CT molecular complexity index is 3280. The van der Waals surface area contributed by atoms with E-state index in [9.17, 15) is 0 Å². The molecule has 10 aromatic carbocycles. The number of para-hydroxylation sites is 4. The van der Waals surface area contributed by atoms with Crippen molar-refractivity contribution in [2.75, 3.05) is 9.80 Å². The Balaban J connectivity index is 0.00000456. The molecule has 0 N–H and O–H groups in total. The zero-order valence-electron chi connectivity index (χ0n) is 33.9. The molecule has 12 rings (SSSR count). The molecule has 0 aliphatic rings. The molecule has 0 saturated heterocycles. The molecular weight excluding hydrogens is 801 g/mol. The number of nitrogens with zero attached hydrogens (tertiary/aromatic N) is 6. The van der Waals surface area contributed by atoms with Crippen LogP contribution in [0, 0.1) is 0 Å². The second-order valence-electron chi connectivity index (χ2n) is 15.5. The minimum atomic E-state index is 0. The lowest BCUT2D eigenvalue weighted by Gasteiger charge is -2.25. The Morgan fingerprint density at radius 3 is 0.875 bits per heavy atom. The van der Waals surface area contributed by atoms with Gasteiger partial charge in [0.25, 0.3) is 0 Å². The zero-order valence-corrected chi connectivity index (χ0v) is 34.7. The molecule has 64 heavy (non-hydrogen) atoms. The van der Waals surface area contributed by atoms with E-state index in [-0.39, 0.29) is 7.43 Å². The molecule has 2 heterocycles. The Morgan fingerprint density at radius 1 is 0.266 bits per heavy atom. The summed E-state index contributed by atoms with van der Waals surface area (Å²) < 4.78 is 10.1. The highest BCUT2D eigenvalue weighted by Gasteiger charge is 2.25. The van der Waals surface area contributed by atoms with E-state index in [1.54, 1.807) is 0 Å². The van der Waals surface area contributed by atoms with Crippen LogP contribution in [0.2, 0.25) is 0 Å². The van der Waals surface area contributed by atoms with E-state index in [0.29, 0.717) is 0 Å². The SMILES string of the molecule is C.c1ccc(N(c2ccccc2)c2ccc(-c3c4nsnc4c(-c4ccc(N(c5ccccc5)c5ccccc5)cc4)c4nc5c6ccccc6c6ccccc6c5nc34)cc2)cc1. The third-order valence-electron chi connectivity index (χ3n) is 11.9. The first-order valence-electron chi connectivity index (χ1n) is 21.0. The smallest absolute Gasteiger partial charge is 0.115 e. The summed E-state index contributed by atoms with van der Waals surface area (Å²) in [4.78, 5) is 15.9. The number of benzene rings is 10. The predicted molar refractivity (Wildman–Crippen MR) is 270 cm³/mol. The Hall–Kier alpha value is -8.26. The molecule has 0 aliphatic carbocycles. The maximum atomic E-state index is 5.68. The average molecular weight is 841 g/mol. The molecule has 0 fully saturated rings. The molecule has 0 radical (unpaired) electrons. The lowest BCUT2D eigenvalue weighted by atomic mass is 9.93. The molecule has 304 valence electrons. The van der Waals surface area contributed by atoms with Crippen molar-refractivity contribution in [1.29, 1.82) is 0 Å². The monoisotopic (exact) mass is 840 g/mol. The van der Waals surface area contributed by atoms with Crippen molar-refractivity contribution in [1.82, 2.24) is 18.7 Å². The number of rotatable bonds is 8. The fraction of sp³-hybridized carbons (Fsp3) is 0.0175. The maximum absolute atomic E-state index is 5.68. The number of hydrogen-bond donors (Lipinski definition) is 0. The molecule has 0 aliphatic heterocycles. The molecule has 0 amide bonds. The average Bonchev–Trinajstić information content (AvgIpc) is 3.84.